The van der Waals surface area contributed by atoms with Crippen molar-refractivity contribution in [3.63, 3.8) is 0 Å². The molecule has 34 heavy (non-hydrogen) atoms. The zero-order valence-corrected chi connectivity index (χ0v) is 19.4. The second-order valence-electron chi connectivity index (χ2n) is 8.98. The molecule has 0 bridgehead atoms. The van der Waals surface area contributed by atoms with E-state index in [1.807, 2.05) is 30.3 Å². The first-order valence-corrected chi connectivity index (χ1v) is 11.8. The number of rotatable bonds is 8. The van der Waals surface area contributed by atoms with Gasteiger partial charge in [0.05, 0.1) is 18.8 Å². The summed E-state index contributed by atoms with van der Waals surface area (Å²) < 4.78 is 11.9. The number of aromatic hydroxyl groups is 1. The molecule has 182 valence electrons. The van der Waals surface area contributed by atoms with Gasteiger partial charge in [0.2, 0.25) is 5.91 Å². The van der Waals surface area contributed by atoms with Crippen LogP contribution >= 0.6 is 0 Å². The fraction of sp³-hybridized carbons (Fsp3) is 0.462. The molecule has 8 nitrogen and oxygen atoms in total. The summed E-state index contributed by atoms with van der Waals surface area (Å²) in [4.78, 5) is 25.1. The van der Waals surface area contributed by atoms with Gasteiger partial charge in [0, 0.05) is 38.3 Å². The predicted molar refractivity (Wildman–Crippen MR) is 127 cm³/mol. The van der Waals surface area contributed by atoms with Crippen LogP contribution in [0.2, 0.25) is 0 Å². The molecule has 2 amide bonds. The zero-order chi connectivity index (χ0) is 24.1. The van der Waals surface area contributed by atoms with Crippen LogP contribution in [0.4, 0.5) is 10.5 Å². The Kier molecular flexibility index (Phi) is 7.70. The molecule has 0 aliphatic carbocycles. The second-order valence-corrected chi connectivity index (χ2v) is 8.98. The molecule has 0 saturated carbocycles. The first-order valence-electron chi connectivity index (χ1n) is 11.8. The Morgan fingerprint density at radius 2 is 2.00 bits per heavy atom. The minimum atomic E-state index is -0.954. The molecule has 0 aromatic heterocycles. The van der Waals surface area contributed by atoms with Crippen LogP contribution in [-0.2, 0) is 20.7 Å². The van der Waals surface area contributed by atoms with Crippen LogP contribution in [0, 0.1) is 0 Å². The van der Waals surface area contributed by atoms with Crippen molar-refractivity contribution in [2.75, 3.05) is 32.1 Å². The summed E-state index contributed by atoms with van der Waals surface area (Å²) in [6, 6.07) is 13.1. The largest absolute Gasteiger partial charge is 0.508 e. The number of hydrogen-bond acceptors (Lipinski definition) is 5. The Balaban J connectivity index is 1.61. The number of aryl methyl sites for hydroxylation is 1. The van der Waals surface area contributed by atoms with Crippen molar-refractivity contribution in [2.45, 2.75) is 50.2 Å². The summed E-state index contributed by atoms with van der Waals surface area (Å²) in [5, 5.41) is 22.3. The van der Waals surface area contributed by atoms with Crippen LogP contribution in [0.15, 0.2) is 42.5 Å². The summed E-state index contributed by atoms with van der Waals surface area (Å²) in [6.45, 7) is 1.29. The normalized spacial score (nSPS) is 21.0. The third kappa shape index (κ3) is 5.69. The molecule has 2 aromatic rings. The molecule has 4 rings (SSSR count). The second kappa shape index (κ2) is 10.9. The van der Waals surface area contributed by atoms with Crippen LogP contribution < -0.4 is 5.32 Å². The number of ether oxygens (including phenoxy) is 2. The number of carboxylic acid groups (broad SMARTS) is 1. The summed E-state index contributed by atoms with van der Waals surface area (Å²) in [5.41, 5.74) is 3.89. The van der Waals surface area contributed by atoms with Crippen molar-refractivity contribution in [1.29, 1.82) is 0 Å². The highest BCUT2D eigenvalue weighted by Gasteiger charge is 2.35. The van der Waals surface area contributed by atoms with Gasteiger partial charge >= 0.3 is 6.09 Å². The molecule has 2 aliphatic heterocycles. The van der Waals surface area contributed by atoms with E-state index in [-0.39, 0.29) is 36.3 Å². The van der Waals surface area contributed by atoms with E-state index >= 15 is 0 Å². The molecule has 3 unspecified atom stereocenters. The van der Waals surface area contributed by atoms with Crippen molar-refractivity contribution in [1.82, 2.24) is 4.90 Å². The van der Waals surface area contributed by atoms with Gasteiger partial charge in [-0.25, -0.2) is 4.79 Å². The number of phenolic OH excluding ortho intramolecular Hbond substituents is 1. The first kappa shape index (κ1) is 24.0. The molecule has 1 saturated heterocycles. The number of carbonyl (C=O) groups excluding carboxylic acids is 1. The minimum Gasteiger partial charge on any atom is -0.508 e. The molecule has 3 N–H and O–H groups in total. The standard InChI is InChI=1S/C26H32N2O6/c1-33-14-2-3-23(19-5-4-18-8-11-25(30)27-22(18)15-19)34-24-16-28(26(31)32)13-12-21(24)17-6-9-20(29)10-7-17/h4-7,9-10,15,21,23-24,29H,2-3,8,11-14,16H2,1H3,(H,27,30)(H,31,32). The Hall–Kier alpha value is -3.10. The fourth-order valence-corrected chi connectivity index (χ4v) is 4.86. The van der Waals surface area contributed by atoms with Gasteiger partial charge in [-0.1, -0.05) is 24.3 Å². The van der Waals surface area contributed by atoms with E-state index in [0.29, 0.717) is 32.4 Å². The first-order chi connectivity index (χ1) is 16.4. The van der Waals surface area contributed by atoms with Crippen molar-refractivity contribution < 1.29 is 29.3 Å². The van der Waals surface area contributed by atoms with Crippen molar-refractivity contribution in [2.24, 2.45) is 0 Å². The number of carbonyl (C=O) groups is 2. The van der Waals surface area contributed by atoms with Crippen molar-refractivity contribution >= 4 is 17.7 Å². The number of amides is 2. The fourth-order valence-electron chi connectivity index (χ4n) is 4.86. The number of fused-ring (bicyclic) bond motifs is 1. The maximum absolute atomic E-state index is 11.9. The third-order valence-electron chi connectivity index (χ3n) is 6.71. The third-order valence-corrected chi connectivity index (χ3v) is 6.71. The number of anilines is 1. The highest BCUT2D eigenvalue weighted by molar-refractivity contribution is 5.94. The van der Waals surface area contributed by atoms with Crippen molar-refractivity contribution in [3.05, 3.63) is 59.2 Å². The molecule has 2 aromatic carbocycles. The number of benzene rings is 2. The highest BCUT2D eigenvalue weighted by atomic mass is 16.5. The monoisotopic (exact) mass is 468 g/mol. The van der Waals surface area contributed by atoms with Gasteiger partial charge in [0.15, 0.2) is 0 Å². The molecular formula is C26H32N2O6. The minimum absolute atomic E-state index is 0.00143. The lowest BCUT2D eigenvalue weighted by molar-refractivity contribution is -0.116. The zero-order valence-electron chi connectivity index (χ0n) is 19.4. The van der Waals surface area contributed by atoms with E-state index in [4.69, 9.17) is 9.47 Å². The van der Waals surface area contributed by atoms with Crippen LogP contribution in [0.3, 0.4) is 0 Å². The summed E-state index contributed by atoms with van der Waals surface area (Å²) in [7, 11) is 1.66. The molecule has 2 aliphatic rings. The lowest BCUT2D eigenvalue weighted by Gasteiger charge is -2.39. The van der Waals surface area contributed by atoms with Crippen LogP contribution in [0.1, 0.15) is 54.4 Å². The number of nitrogens with zero attached hydrogens (tertiary/aromatic N) is 1. The molecule has 0 spiro atoms. The lowest BCUT2D eigenvalue weighted by Crippen LogP contribution is -2.46. The molecule has 2 heterocycles. The van der Waals surface area contributed by atoms with Crippen molar-refractivity contribution in [3.8, 4) is 5.75 Å². The number of piperidine rings is 1. The number of nitrogens with one attached hydrogen (secondary N) is 1. The highest BCUT2D eigenvalue weighted by Crippen LogP contribution is 2.37. The van der Waals surface area contributed by atoms with Crippen LogP contribution in [-0.4, -0.2) is 60.0 Å². The van der Waals surface area contributed by atoms with E-state index < -0.39 is 6.09 Å². The maximum Gasteiger partial charge on any atom is 0.407 e. The Bertz CT molecular complexity index is 1010. The molecule has 0 radical (unpaired) electrons. The van der Waals surface area contributed by atoms with Gasteiger partial charge in [-0.2, -0.15) is 0 Å². The predicted octanol–water partition coefficient (Wildman–Crippen LogP) is 4.30. The summed E-state index contributed by atoms with van der Waals surface area (Å²) >= 11 is 0. The summed E-state index contributed by atoms with van der Waals surface area (Å²) in [6.07, 6.45) is 1.73. The average Bonchev–Trinajstić information content (AvgIpc) is 2.83. The van der Waals surface area contributed by atoms with E-state index in [2.05, 4.69) is 5.32 Å². The van der Waals surface area contributed by atoms with E-state index in [1.54, 1.807) is 19.2 Å². The average molecular weight is 469 g/mol. The van der Waals surface area contributed by atoms with Gasteiger partial charge in [-0.05, 0) is 60.6 Å². The van der Waals surface area contributed by atoms with E-state index in [1.165, 1.54) is 4.90 Å². The van der Waals surface area contributed by atoms with Crippen LogP contribution in [0.25, 0.3) is 0 Å². The smallest absolute Gasteiger partial charge is 0.407 e. The molecule has 1 fully saturated rings. The number of methoxy groups -OCH3 is 1. The number of phenols is 1. The quantitative estimate of drug-likeness (QED) is 0.499. The Morgan fingerprint density at radius 1 is 1.21 bits per heavy atom. The van der Waals surface area contributed by atoms with Gasteiger partial charge in [0.1, 0.15) is 5.75 Å². The van der Waals surface area contributed by atoms with E-state index in [0.717, 1.165) is 35.2 Å². The van der Waals surface area contributed by atoms with E-state index in [9.17, 15) is 19.8 Å². The lowest BCUT2D eigenvalue weighted by atomic mass is 9.86. The topological polar surface area (TPSA) is 108 Å². The molecular weight excluding hydrogens is 436 g/mol. The van der Waals surface area contributed by atoms with Gasteiger partial charge in [-0.3, -0.25) is 4.79 Å². The Morgan fingerprint density at radius 3 is 2.74 bits per heavy atom. The number of likely N-dealkylation sites (tertiary alicyclic amines) is 1. The molecule has 8 heteroatoms. The maximum atomic E-state index is 11.9. The van der Waals surface area contributed by atoms with Gasteiger partial charge in [0.25, 0.3) is 0 Å². The van der Waals surface area contributed by atoms with Gasteiger partial charge in [-0.15, -0.1) is 0 Å². The number of hydrogen-bond donors (Lipinski definition) is 3. The summed E-state index contributed by atoms with van der Waals surface area (Å²) in [5.74, 6) is 0.203. The molecule has 3 atom stereocenters. The Labute approximate surface area is 199 Å². The SMILES string of the molecule is COCCCC(OC1CN(C(=O)O)CCC1c1ccc(O)cc1)c1ccc2c(c1)NC(=O)CC2. The van der Waals surface area contributed by atoms with Crippen LogP contribution in [0.5, 0.6) is 5.75 Å². The van der Waals surface area contributed by atoms with Gasteiger partial charge < -0.3 is 29.9 Å².